The highest BCUT2D eigenvalue weighted by atomic mass is 32.1. The molecule has 1 aliphatic heterocycles. The number of anilines is 1. The van der Waals surface area contributed by atoms with E-state index >= 15 is 0 Å². The number of nitro groups is 1. The van der Waals surface area contributed by atoms with E-state index in [1.165, 1.54) is 29.5 Å². The summed E-state index contributed by atoms with van der Waals surface area (Å²) in [6.07, 6.45) is 0.289. The summed E-state index contributed by atoms with van der Waals surface area (Å²) in [5.74, 6) is -1.59. The molecule has 156 valence electrons. The van der Waals surface area contributed by atoms with Gasteiger partial charge in [0.25, 0.3) is 17.5 Å². The van der Waals surface area contributed by atoms with Crippen LogP contribution in [0.5, 0.6) is 0 Å². The van der Waals surface area contributed by atoms with Crippen LogP contribution in [-0.4, -0.2) is 39.1 Å². The van der Waals surface area contributed by atoms with Gasteiger partial charge in [0.05, 0.1) is 16.2 Å². The van der Waals surface area contributed by atoms with Gasteiger partial charge >= 0.3 is 0 Å². The third-order valence-corrected chi connectivity index (χ3v) is 5.54. The van der Waals surface area contributed by atoms with E-state index in [-0.39, 0.29) is 36.4 Å². The van der Waals surface area contributed by atoms with E-state index in [1.54, 1.807) is 0 Å². The van der Waals surface area contributed by atoms with E-state index in [0.29, 0.717) is 5.13 Å². The summed E-state index contributed by atoms with van der Waals surface area (Å²) in [6.45, 7) is -0.00987. The molecule has 0 spiro atoms. The fourth-order valence-electron chi connectivity index (χ4n) is 3.32. The van der Waals surface area contributed by atoms with Crippen molar-refractivity contribution in [3.63, 3.8) is 0 Å². The lowest BCUT2D eigenvalue weighted by molar-refractivity contribution is -0.385. The maximum atomic E-state index is 12.5. The number of hydrogen-bond donors (Lipinski definition) is 1. The Morgan fingerprint density at radius 2 is 1.87 bits per heavy atom. The van der Waals surface area contributed by atoms with Crippen molar-refractivity contribution in [2.75, 3.05) is 11.9 Å². The van der Waals surface area contributed by atoms with Gasteiger partial charge in [-0.3, -0.25) is 29.4 Å². The van der Waals surface area contributed by atoms with Gasteiger partial charge in [0.2, 0.25) is 5.91 Å². The molecular formula is C21H16N4O5S. The zero-order valence-corrected chi connectivity index (χ0v) is 16.9. The molecule has 2 heterocycles. The standard InChI is InChI=1S/C21H16N4O5S/c26-17(23-21-22-15(12-31-21)13-6-2-1-3-7-13)10-5-11-24-19(27)14-8-4-9-16(25(29)30)18(14)20(24)28/h1-4,6-9,12H,5,10-11H2,(H,22,23,26). The zero-order chi connectivity index (χ0) is 22.0. The molecule has 0 bridgehead atoms. The fraction of sp³-hybridized carbons (Fsp3) is 0.143. The third kappa shape index (κ3) is 4.05. The van der Waals surface area contributed by atoms with Gasteiger partial charge < -0.3 is 5.32 Å². The Morgan fingerprint density at radius 3 is 2.61 bits per heavy atom. The Kier molecular flexibility index (Phi) is 5.54. The van der Waals surface area contributed by atoms with Crippen molar-refractivity contribution in [2.45, 2.75) is 12.8 Å². The largest absolute Gasteiger partial charge is 0.302 e. The highest BCUT2D eigenvalue weighted by molar-refractivity contribution is 7.14. The van der Waals surface area contributed by atoms with Crippen molar-refractivity contribution < 1.29 is 19.3 Å². The fourth-order valence-corrected chi connectivity index (χ4v) is 4.06. The first-order valence-electron chi connectivity index (χ1n) is 9.40. The predicted octanol–water partition coefficient (Wildman–Crippen LogP) is 3.73. The highest BCUT2D eigenvalue weighted by Gasteiger charge is 2.40. The molecule has 0 saturated carbocycles. The predicted molar refractivity (Wildman–Crippen MR) is 114 cm³/mol. The first-order valence-corrected chi connectivity index (χ1v) is 10.3. The maximum absolute atomic E-state index is 12.5. The van der Waals surface area contributed by atoms with Crippen LogP contribution in [0.4, 0.5) is 10.8 Å². The monoisotopic (exact) mass is 436 g/mol. The molecule has 0 fully saturated rings. The Hall–Kier alpha value is -3.92. The second-order valence-corrected chi connectivity index (χ2v) is 7.63. The quantitative estimate of drug-likeness (QED) is 0.342. The topological polar surface area (TPSA) is 123 Å². The summed E-state index contributed by atoms with van der Waals surface area (Å²) >= 11 is 1.30. The number of benzene rings is 2. The number of nitrogens with one attached hydrogen (secondary N) is 1. The summed E-state index contributed by atoms with van der Waals surface area (Å²) in [6, 6.07) is 13.5. The Morgan fingerprint density at radius 1 is 1.10 bits per heavy atom. The molecule has 4 rings (SSSR count). The van der Waals surface area contributed by atoms with Crippen molar-refractivity contribution in [3.05, 3.63) is 75.2 Å². The summed E-state index contributed by atoms with van der Waals surface area (Å²) in [5.41, 5.74) is 1.12. The second kappa shape index (κ2) is 8.44. The summed E-state index contributed by atoms with van der Waals surface area (Å²) in [4.78, 5) is 53.0. The number of rotatable bonds is 7. The number of carbonyl (C=O) groups is 3. The van der Waals surface area contributed by atoms with E-state index in [0.717, 1.165) is 16.2 Å². The number of nitrogens with zero attached hydrogens (tertiary/aromatic N) is 3. The van der Waals surface area contributed by atoms with Gasteiger partial charge in [0.1, 0.15) is 5.56 Å². The van der Waals surface area contributed by atoms with Gasteiger partial charge in [-0.1, -0.05) is 36.4 Å². The lowest BCUT2D eigenvalue weighted by Gasteiger charge is -2.13. The zero-order valence-electron chi connectivity index (χ0n) is 16.1. The molecule has 0 atom stereocenters. The first kappa shape index (κ1) is 20.4. The number of nitro benzene ring substituents is 1. The van der Waals surface area contributed by atoms with Gasteiger partial charge in [0.15, 0.2) is 5.13 Å². The maximum Gasteiger partial charge on any atom is 0.282 e. The highest BCUT2D eigenvalue weighted by Crippen LogP contribution is 2.31. The Labute approximate surface area is 180 Å². The van der Waals surface area contributed by atoms with Crippen LogP contribution in [0.25, 0.3) is 11.3 Å². The number of amides is 3. The summed E-state index contributed by atoms with van der Waals surface area (Å²) in [7, 11) is 0. The average Bonchev–Trinajstić information content (AvgIpc) is 3.33. The van der Waals surface area contributed by atoms with E-state index in [9.17, 15) is 24.5 Å². The lowest BCUT2D eigenvalue weighted by Crippen LogP contribution is -2.31. The molecule has 31 heavy (non-hydrogen) atoms. The molecule has 0 radical (unpaired) electrons. The molecule has 1 N–H and O–H groups in total. The van der Waals surface area contributed by atoms with Crippen molar-refractivity contribution in [1.29, 1.82) is 0 Å². The lowest BCUT2D eigenvalue weighted by atomic mass is 10.1. The minimum atomic E-state index is -0.708. The Bertz CT molecular complexity index is 1190. The Balaban J connectivity index is 1.34. The molecule has 1 aliphatic rings. The van der Waals surface area contributed by atoms with Gasteiger partial charge in [-0.2, -0.15) is 0 Å². The van der Waals surface area contributed by atoms with Crippen LogP contribution in [0.2, 0.25) is 0 Å². The van der Waals surface area contributed by atoms with Gasteiger partial charge in [-0.25, -0.2) is 4.98 Å². The van der Waals surface area contributed by atoms with Crippen LogP contribution >= 0.6 is 11.3 Å². The number of aromatic nitrogens is 1. The number of hydrogen-bond acceptors (Lipinski definition) is 7. The number of imide groups is 1. The van der Waals surface area contributed by atoms with Crippen LogP contribution in [0.3, 0.4) is 0 Å². The van der Waals surface area contributed by atoms with Crippen molar-refractivity contribution in [2.24, 2.45) is 0 Å². The van der Waals surface area contributed by atoms with Gasteiger partial charge in [-0.05, 0) is 12.5 Å². The van der Waals surface area contributed by atoms with Gasteiger partial charge in [-0.15, -0.1) is 11.3 Å². The molecule has 0 unspecified atom stereocenters. The molecule has 1 aromatic heterocycles. The minimum Gasteiger partial charge on any atom is -0.302 e. The van der Waals surface area contributed by atoms with Crippen molar-refractivity contribution in [1.82, 2.24) is 9.88 Å². The average molecular weight is 436 g/mol. The van der Waals surface area contributed by atoms with Crippen LogP contribution in [0.15, 0.2) is 53.9 Å². The second-order valence-electron chi connectivity index (χ2n) is 6.77. The van der Waals surface area contributed by atoms with Crippen LogP contribution < -0.4 is 5.32 Å². The molecule has 0 aliphatic carbocycles. The van der Waals surface area contributed by atoms with Crippen LogP contribution in [0, 0.1) is 10.1 Å². The van der Waals surface area contributed by atoms with E-state index < -0.39 is 22.4 Å². The number of thiazole rings is 1. The van der Waals surface area contributed by atoms with E-state index in [4.69, 9.17) is 0 Å². The van der Waals surface area contributed by atoms with Gasteiger partial charge in [0, 0.05) is 30.0 Å². The van der Waals surface area contributed by atoms with Crippen molar-refractivity contribution in [3.8, 4) is 11.3 Å². The van der Waals surface area contributed by atoms with Crippen molar-refractivity contribution >= 4 is 39.9 Å². The normalized spacial score (nSPS) is 12.7. The molecule has 3 aromatic rings. The molecule has 0 saturated heterocycles. The van der Waals surface area contributed by atoms with E-state index in [1.807, 2.05) is 35.7 Å². The number of fused-ring (bicyclic) bond motifs is 1. The molecular weight excluding hydrogens is 420 g/mol. The summed E-state index contributed by atoms with van der Waals surface area (Å²) in [5, 5.41) is 16.2. The smallest absolute Gasteiger partial charge is 0.282 e. The number of carbonyl (C=O) groups excluding carboxylic acids is 3. The third-order valence-electron chi connectivity index (χ3n) is 4.78. The molecule has 3 amide bonds. The molecule has 10 heteroatoms. The van der Waals surface area contributed by atoms with E-state index in [2.05, 4.69) is 10.3 Å². The van der Waals surface area contributed by atoms with Crippen LogP contribution in [-0.2, 0) is 4.79 Å². The molecule has 9 nitrogen and oxygen atoms in total. The first-order chi connectivity index (χ1) is 15.0. The summed E-state index contributed by atoms with van der Waals surface area (Å²) < 4.78 is 0. The molecule has 2 aromatic carbocycles. The van der Waals surface area contributed by atoms with Crippen LogP contribution in [0.1, 0.15) is 33.6 Å². The minimum absolute atomic E-state index is 0.00987. The SMILES string of the molecule is O=C(CCCN1C(=O)c2cccc([N+](=O)[O-])c2C1=O)Nc1nc(-c2ccccc2)cs1.